The van der Waals surface area contributed by atoms with Crippen molar-refractivity contribution in [1.82, 2.24) is 15.5 Å². The molecule has 21 heavy (non-hydrogen) atoms. The van der Waals surface area contributed by atoms with Crippen LogP contribution in [0.15, 0.2) is 18.0 Å². The second kappa shape index (κ2) is 6.45. The number of allylic oxidation sites excluding steroid dienone is 1. The number of hydrazine groups is 2. The highest BCUT2D eigenvalue weighted by molar-refractivity contribution is 5.60. The molecular weight excluding hydrogens is 264 g/mol. The molecule has 1 aliphatic rings. The summed E-state index contributed by atoms with van der Waals surface area (Å²) in [6, 6.07) is 2.43. The van der Waals surface area contributed by atoms with Gasteiger partial charge in [0.2, 0.25) is 0 Å². The molecule has 1 aromatic rings. The molecule has 0 aliphatic carbocycles. The van der Waals surface area contributed by atoms with Crippen LogP contribution in [0.2, 0.25) is 0 Å². The Hall–Kier alpha value is -1.59. The van der Waals surface area contributed by atoms with Gasteiger partial charge in [0.25, 0.3) is 0 Å². The molecule has 2 rings (SSSR count). The Bertz CT molecular complexity index is 518. The number of ether oxygens (including phenoxy) is 1. The standard InChI is InChI=1S/C16H26N4O/c1-7-15(10-21-6)19-9-13(4)20(18-19)16-11(2)8-12(3)17-14(16)5/h8-9,15,18H,7,10H2,1-6H3. The molecule has 0 bridgehead atoms. The van der Waals surface area contributed by atoms with Crippen LogP contribution < -0.4 is 10.5 Å². The van der Waals surface area contributed by atoms with E-state index in [9.17, 15) is 0 Å². The van der Waals surface area contributed by atoms with Crippen LogP contribution in [0.25, 0.3) is 0 Å². The van der Waals surface area contributed by atoms with Crippen molar-refractivity contribution in [2.24, 2.45) is 0 Å². The molecule has 5 nitrogen and oxygen atoms in total. The average molecular weight is 290 g/mol. The third kappa shape index (κ3) is 3.19. The van der Waals surface area contributed by atoms with E-state index < -0.39 is 0 Å². The minimum atomic E-state index is 0.314. The van der Waals surface area contributed by atoms with Crippen LogP contribution in [0.3, 0.4) is 0 Å². The Morgan fingerprint density at radius 1 is 1.29 bits per heavy atom. The lowest BCUT2D eigenvalue weighted by Crippen LogP contribution is -2.47. The number of methoxy groups -OCH3 is 1. The van der Waals surface area contributed by atoms with E-state index in [2.05, 4.69) is 60.5 Å². The zero-order chi connectivity index (χ0) is 15.6. The van der Waals surface area contributed by atoms with Crippen molar-refractivity contribution in [3.63, 3.8) is 0 Å². The zero-order valence-electron chi connectivity index (χ0n) is 13.9. The summed E-state index contributed by atoms with van der Waals surface area (Å²) in [7, 11) is 1.74. The monoisotopic (exact) mass is 290 g/mol. The second-order valence-corrected chi connectivity index (χ2v) is 5.65. The number of hydrogen-bond acceptors (Lipinski definition) is 5. The predicted molar refractivity (Wildman–Crippen MR) is 85.6 cm³/mol. The van der Waals surface area contributed by atoms with Crippen LogP contribution in [0.5, 0.6) is 0 Å². The van der Waals surface area contributed by atoms with E-state index in [0.717, 1.165) is 29.2 Å². The van der Waals surface area contributed by atoms with E-state index in [-0.39, 0.29) is 0 Å². The lowest BCUT2D eigenvalue weighted by molar-refractivity contribution is 0.0941. The van der Waals surface area contributed by atoms with Gasteiger partial charge in [0.05, 0.1) is 29.7 Å². The van der Waals surface area contributed by atoms with Crippen molar-refractivity contribution >= 4 is 5.69 Å². The number of pyridine rings is 1. The first-order valence-corrected chi connectivity index (χ1v) is 7.44. The first kappa shape index (κ1) is 15.8. The van der Waals surface area contributed by atoms with Gasteiger partial charge in [-0.2, -0.15) is 0 Å². The number of nitrogens with zero attached hydrogens (tertiary/aromatic N) is 3. The molecule has 0 fully saturated rings. The Morgan fingerprint density at radius 2 is 2.00 bits per heavy atom. The summed E-state index contributed by atoms with van der Waals surface area (Å²) in [5.74, 6) is 0. The van der Waals surface area contributed by atoms with E-state index in [1.807, 2.05) is 6.92 Å². The van der Waals surface area contributed by atoms with Crippen LogP contribution in [0, 0.1) is 20.8 Å². The van der Waals surface area contributed by atoms with Gasteiger partial charge >= 0.3 is 0 Å². The van der Waals surface area contributed by atoms with Crippen LogP contribution in [0.1, 0.15) is 37.2 Å². The molecule has 0 amide bonds. The molecule has 1 aliphatic heterocycles. The SMILES string of the molecule is CCC(COC)N1C=C(C)N(c2c(C)cc(C)nc2C)N1. The Morgan fingerprint density at radius 3 is 2.57 bits per heavy atom. The number of hydrogen-bond donors (Lipinski definition) is 1. The fourth-order valence-electron chi connectivity index (χ4n) is 2.84. The first-order chi connectivity index (χ1) is 9.97. The molecule has 0 aromatic carbocycles. The van der Waals surface area contributed by atoms with Crippen molar-refractivity contribution < 1.29 is 4.74 Å². The van der Waals surface area contributed by atoms with Gasteiger partial charge in [-0.05, 0) is 45.7 Å². The number of aromatic nitrogens is 1. The number of rotatable bonds is 5. The molecule has 0 saturated carbocycles. The molecule has 0 radical (unpaired) electrons. The summed E-state index contributed by atoms with van der Waals surface area (Å²) in [4.78, 5) is 4.59. The lowest BCUT2D eigenvalue weighted by Gasteiger charge is -2.30. The molecule has 116 valence electrons. The maximum atomic E-state index is 5.30. The fraction of sp³-hybridized carbons (Fsp3) is 0.562. The highest BCUT2D eigenvalue weighted by Crippen LogP contribution is 2.29. The van der Waals surface area contributed by atoms with Crippen LogP contribution in [-0.4, -0.2) is 29.8 Å². The number of nitrogens with one attached hydrogen (secondary N) is 1. The molecule has 0 spiro atoms. The molecule has 0 saturated heterocycles. The van der Waals surface area contributed by atoms with Gasteiger partial charge in [-0.25, -0.2) is 0 Å². The summed E-state index contributed by atoms with van der Waals surface area (Å²) < 4.78 is 5.30. The largest absolute Gasteiger partial charge is 0.382 e. The van der Waals surface area contributed by atoms with Crippen LogP contribution in [0.4, 0.5) is 5.69 Å². The van der Waals surface area contributed by atoms with Crippen LogP contribution in [-0.2, 0) is 4.74 Å². The van der Waals surface area contributed by atoms with Crippen molar-refractivity contribution in [3.05, 3.63) is 34.9 Å². The molecule has 5 heteroatoms. The highest BCUT2D eigenvalue weighted by Gasteiger charge is 2.26. The van der Waals surface area contributed by atoms with Gasteiger partial charge in [-0.1, -0.05) is 6.92 Å². The topological polar surface area (TPSA) is 40.6 Å². The quantitative estimate of drug-likeness (QED) is 0.903. The summed E-state index contributed by atoms with van der Waals surface area (Å²) in [6.07, 6.45) is 3.15. The summed E-state index contributed by atoms with van der Waals surface area (Å²) in [5, 5.41) is 4.23. The van der Waals surface area contributed by atoms with E-state index in [1.54, 1.807) is 7.11 Å². The minimum absolute atomic E-state index is 0.314. The summed E-state index contributed by atoms with van der Waals surface area (Å²) >= 11 is 0. The summed E-state index contributed by atoms with van der Waals surface area (Å²) in [5.41, 5.74) is 9.04. The van der Waals surface area contributed by atoms with Crippen molar-refractivity contribution in [2.75, 3.05) is 18.7 Å². The van der Waals surface area contributed by atoms with E-state index in [1.165, 1.54) is 5.56 Å². The molecule has 1 atom stereocenters. The lowest BCUT2D eigenvalue weighted by atomic mass is 10.1. The fourth-order valence-corrected chi connectivity index (χ4v) is 2.84. The molecule has 2 heterocycles. The van der Waals surface area contributed by atoms with E-state index in [0.29, 0.717) is 12.6 Å². The van der Waals surface area contributed by atoms with Crippen LogP contribution >= 0.6 is 0 Å². The number of anilines is 1. The third-order valence-corrected chi connectivity index (χ3v) is 3.83. The van der Waals surface area contributed by atoms with Gasteiger partial charge in [0.15, 0.2) is 0 Å². The molecule has 1 unspecified atom stereocenters. The Labute approximate surface area is 127 Å². The smallest absolute Gasteiger partial charge is 0.0834 e. The average Bonchev–Trinajstić information content (AvgIpc) is 2.77. The summed E-state index contributed by atoms with van der Waals surface area (Å²) in [6.45, 7) is 11.2. The Kier molecular flexibility index (Phi) is 4.85. The zero-order valence-corrected chi connectivity index (χ0v) is 13.9. The van der Waals surface area contributed by atoms with Gasteiger partial charge in [0, 0.05) is 19.0 Å². The van der Waals surface area contributed by atoms with Gasteiger partial charge < -0.3 is 4.74 Å². The van der Waals surface area contributed by atoms with Crippen molar-refractivity contribution in [1.29, 1.82) is 0 Å². The minimum Gasteiger partial charge on any atom is -0.382 e. The van der Waals surface area contributed by atoms with Gasteiger partial charge in [0.1, 0.15) is 0 Å². The Balaban J connectivity index is 2.26. The second-order valence-electron chi connectivity index (χ2n) is 5.65. The number of aryl methyl sites for hydroxylation is 3. The highest BCUT2D eigenvalue weighted by atomic mass is 16.5. The maximum absolute atomic E-state index is 5.30. The maximum Gasteiger partial charge on any atom is 0.0834 e. The van der Waals surface area contributed by atoms with E-state index >= 15 is 0 Å². The molecule has 1 aromatic heterocycles. The van der Waals surface area contributed by atoms with E-state index in [4.69, 9.17) is 4.74 Å². The third-order valence-electron chi connectivity index (χ3n) is 3.83. The first-order valence-electron chi connectivity index (χ1n) is 7.44. The predicted octanol–water partition coefficient (Wildman–Crippen LogP) is 2.83. The molecule has 1 N–H and O–H groups in total. The van der Waals surface area contributed by atoms with Crippen molar-refractivity contribution in [2.45, 2.75) is 47.1 Å². The van der Waals surface area contributed by atoms with Crippen molar-refractivity contribution in [3.8, 4) is 0 Å². The normalized spacial score (nSPS) is 16.4. The van der Waals surface area contributed by atoms with Gasteiger partial charge in [-0.15, -0.1) is 5.53 Å². The van der Waals surface area contributed by atoms with Gasteiger partial charge in [-0.3, -0.25) is 15.0 Å². The molecular formula is C16H26N4O.